The number of benzene rings is 2. The average molecular weight is 962 g/mol. The molecule has 0 aliphatic rings. The summed E-state index contributed by atoms with van der Waals surface area (Å²) in [6.45, 7) is 13.0. The van der Waals surface area contributed by atoms with Crippen molar-refractivity contribution in [1.82, 2.24) is 0 Å². The van der Waals surface area contributed by atoms with E-state index in [1.165, 1.54) is 167 Å². The summed E-state index contributed by atoms with van der Waals surface area (Å²) < 4.78 is 12.4. The molecule has 0 heterocycles. The van der Waals surface area contributed by atoms with Gasteiger partial charge in [-0.3, -0.25) is 9.59 Å². The van der Waals surface area contributed by atoms with Gasteiger partial charge in [0.25, 0.3) is 0 Å². The third-order valence-corrected chi connectivity index (χ3v) is 15.9. The van der Waals surface area contributed by atoms with Crippen molar-refractivity contribution in [3.63, 3.8) is 0 Å². The second kappa shape index (κ2) is 38.9. The Morgan fingerprint density at radius 2 is 0.667 bits per heavy atom. The minimum absolute atomic E-state index is 0.0287. The van der Waals surface area contributed by atoms with Crippen LogP contribution in [0.5, 0.6) is 0 Å². The van der Waals surface area contributed by atoms with E-state index in [1.54, 1.807) is 0 Å². The Kier molecular flexibility index (Phi) is 35.2. The predicted molar refractivity (Wildman–Crippen MR) is 293 cm³/mol. The molecule has 6 nitrogen and oxygen atoms in total. The summed E-state index contributed by atoms with van der Waals surface area (Å²) in [5.41, 5.74) is 1.54. The molecule has 396 valence electrons. The SMILES string of the molecule is CCCCCCCCCCCCCCCCCCC(CCCCCCCCCCCCCCCCCC)(C(=O)OCc1cccc(C(C)(CC)CO)c1)C(=O)OCc1cccc(C(C)(CC)CO)c1. The molecule has 2 rings (SSSR count). The van der Waals surface area contributed by atoms with Crippen LogP contribution < -0.4 is 0 Å². The largest absolute Gasteiger partial charge is 0.460 e. The zero-order valence-electron chi connectivity index (χ0n) is 45.9. The van der Waals surface area contributed by atoms with Crippen LogP contribution in [0.1, 0.15) is 295 Å². The number of rotatable bonds is 46. The van der Waals surface area contributed by atoms with Crippen LogP contribution in [0.3, 0.4) is 0 Å². The molecule has 0 aliphatic heterocycles. The molecule has 0 bridgehead atoms. The second-order valence-electron chi connectivity index (χ2n) is 21.9. The van der Waals surface area contributed by atoms with Gasteiger partial charge >= 0.3 is 11.9 Å². The summed E-state index contributed by atoms with van der Waals surface area (Å²) >= 11 is 0. The number of esters is 2. The molecule has 2 aromatic carbocycles. The number of carbonyl (C=O) groups is 2. The van der Waals surface area contributed by atoms with Gasteiger partial charge in [-0.05, 0) is 47.9 Å². The van der Waals surface area contributed by atoms with E-state index < -0.39 is 28.2 Å². The number of aliphatic hydroxyl groups is 2. The Morgan fingerprint density at radius 1 is 0.406 bits per heavy atom. The van der Waals surface area contributed by atoms with Crippen LogP contribution in [-0.2, 0) is 43.1 Å². The lowest BCUT2D eigenvalue weighted by molar-refractivity contribution is -0.176. The molecule has 2 N–H and O–H groups in total. The summed E-state index contributed by atoms with van der Waals surface area (Å²) in [6.07, 6.45) is 42.8. The number of aliphatic hydroxyl groups excluding tert-OH is 2. The smallest absolute Gasteiger partial charge is 0.323 e. The summed E-state index contributed by atoms with van der Waals surface area (Å²) in [4.78, 5) is 29.5. The fourth-order valence-electron chi connectivity index (χ4n) is 10.0. The molecule has 0 amide bonds. The van der Waals surface area contributed by atoms with Crippen LogP contribution >= 0.6 is 0 Å². The number of carbonyl (C=O) groups excluding carboxylic acids is 2. The summed E-state index contributed by atoms with van der Waals surface area (Å²) in [7, 11) is 0. The zero-order valence-corrected chi connectivity index (χ0v) is 45.9. The summed E-state index contributed by atoms with van der Waals surface area (Å²) in [6, 6.07) is 16.0. The van der Waals surface area contributed by atoms with Crippen molar-refractivity contribution in [2.24, 2.45) is 5.41 Å². The van der Waals surface area contributed by atoms with Gasteiger partial charge < -0.3 is 19.7 Å². The first kappa shape index (κ1) is 62.4. The number of unbranched alkanes of at least 4 members (excludes halogenated alkanes) is 30. The minimum atomic E-state index is -1.40. The number of ether oxygens (including phenoxy) is 2. The fraction of sp³-hybridized carbons (Fsp3) is 0.778. The standard InChI is InChI=1S/C63H108O6/c1-7-11-13-15-17-19-21-23-25-27-29-31-33-35-37-39-47-63(59(66)68-51-55-43-41-45-57(49-55)61(5,9-3)53-64,60(67)69-52-56-44-42-46-58(50-56)62(6,10-4)54-65)48-40-38-36-34-32-30-28-26-24-22-20-18-16-14-12-8-2/h41-46,49-50,64-65H,7-40,47-48,51-54H2,1-6H3. The van der Waals surface area contributed by atoms with Crippen LogP contribution in [-0.4, -0.2) is 35.4 Å². The maximum atomic E-state index is 14.7. The van der Waals surface area contributed by atoms with Gasteiger partial charge in [-0.15, -0.1) is 0 Å². The summed E-state index contributed by atoms with van der Waals surface area (Å²) in [5, 5.41) is 20.5. The normalized spacial score (nSPS) is 13.6. The van der Waals surface area contributed by atoms with E-state index in [0.29, 0.717) is 12.8 Å². The molecule has 0 fully saturated rings. The predicted octanol–water partition coefficient (Wildman–Crippen LogP) is 18.1. The second-order valence-corrected chi connectivity index (χ2v) is 21.9. The lowest BCUT2D eigenvalue weighted by Gasteiger charge is -2.30. The topological polar surface area (TPSA) is 93.1 Å². The minimum Gasteiger partial charge on any atom is -0.460 e. The molecular weight excluding hydrogens is 853 g/mol. The monoisotopic (exact) mass is 961 g/mol. The fourth-order valence-corrected chi connectivity index (χ4v) is 10.0. The molecule has 0 saturated heterocycles. The highest BCUT2D eigenvalue weighted by Gasteiger charge is 2.48. The lowest BCUT2D eigenvalue weighted by atomic mass is 9.77. The molecule has 0 radical (unpaired) electrons. The molecule has 6 heteroatoms. The van der Waals surface area contributed by atoms with Crippen molar-refractivity contribution in [1.29, 1.82) is 0 Å². The molecule has 2 atom stereocenters. The van der Waals surface area contributed by atoms with Gasteiger partial charge in [0.15, 0.2) is 5.41 Å². The number of hydrogen-bond donors (Lipinski definition) is 2. The van der Waals surface area contributed by atoms with E-state index in [-0.39, 0.29) is 26.4 Å². The van der Waals surface area contributed by atoms with Crippen molar-refractivity contribution in [3.8, 4) is 0 Å². The molecule has 0 saturated carbocycles. The van der Waals surface area contributed by atoms with E-state index in [0.717, 1.165) is 73.6 Å². The van der Waals surface area contributed by atoms with E-state index in [1.807, 2.05) is 48.5 Å². The van der Waals surface area contributed by atoms with Gasteiger partial charge in [-0.25, -0.2) is 0 Å². The van der Waals surface area contributed by atoms with Gasteiger partial charge in [-0.1, -0.05) is 296 Å². The van der Waals surface area contributed by atoms with Crippen molar-refractivity contribution in [3.05, 3.63) is 70.8 Å². The van der Waals surface area contributed by atoms with Crippen LogP contribution in [0.25, 0.3) is 0 Å². The highest BCUT2D eigenvalue weighted by molar-refractivity contribution is 6.00. The Labute approximate surface area is 425 Å². The summed E-state index contributed by atoms with van der Waals surface area (Å²) in [5.74, 6) is -0.958. The first-order chi connectivity index (χ1) is 33.6. The first-order valence-electron chi connectivity index (χ1n) is 29.3. The molecule has 69 heavy (non-hydrogen) atoms. The van der Waals surface area contributed by atoms with Crippen LogP contribution in [0, 0.1) is 5.41 Å². The molecule has 0 aromatic heterocycles. The van der Waals surface area contributed by atoms with E-state index in [9.17, 15) is 19.8 Å². The Balaban J connectivity index is 2.14. The lowest BCUT2D eigenvalue weighted by Crippen LogP contribution is -2.42. The average Bonchev–Trinajstić information content (AvgIpc) is 3.38. The van der Waals surface area contributed by atoms with Crippen molar-refractivity contribution >= 4 is 11.9 Å². The number of hydrogen-bond acceptors (Lipinski definition) is 6. The van der Waals surface area contributed by atoms with Gasteiger partial charge in [-0.2, -0.15) is 0 Å². The van der Waals surface area contributed by atoms with Gasteiger partial charge in [0.1, 0.15) is 13.2 Å². The van der Waals surface area contributed by atoms with Crippen molar-refractivity contribution < 1.29 is 29.3 Å². The quantitative estimate of drug-likeness (QED) is 0.0390. The molecular formula is C63H108O6. The van der Waals surface area contributed by atoms with E-state index >= 15 is 0 Å². The van der Waals surface area contributed by atoms with Gasteiger partial charge in [0, 0.05) is 10.8 Å². The Bertz CT molecular complexity index is 1440. The Morgan fingerprint density at radius 3 is 0.913 bits per heavy atom. The van der Waals surface area contributed by atoms with Gasteiger partial charge in [0.2, 0.25) is 0 Å². The van der Waals surface area contributed by atoms with Crippen LogP contribution in [0.4, 0.5) is 0 Å². The van der Waals surface area contributed by atoms with Gasteiger partial charge in [0.05, 0.1) is 13.2 Å². The molecule has 2 aromatic rings. The highest BCUT2D eigenvalue weighted by atomic mass is 16.6. The maximum Gasteiger partial charge on any atom is 0.323 e. The molecule has 0 aliphatic carbocycles. The van der Waals surface area contributed by atoms with E-state index in [2.05, 4.69) is 41.5 Å². The van der Waals surface area contributed by atoms with E-state index in [4.69, 9.17) is 9.47 Å². The molecule has 2 unspecified atom stereocenters. The third kappa shape index (κ3) is 25.5. The first-order valence-corrected chi connectivity index (χ1v) is 29.3. The molecule has 0 spiro atoms. The third-order valence-electron chi connectivity index (χ3n) is 15.9. The Hall–Kier alpha value is -2.70. The van der Waals surface area contributed by atoms with Crippen LogP contribution in [0.2, 0.25) is 0 Å². The van der Waals surface area contributed by atoms with Crippen molar-refractivity contribution in [2.45, 2.75) is 297 Å². The highest BCUT2D eigenvalue weighted by Crippen LogP contribution is 2.37. The van der Waals surface area contributed by atoms with Crippen molar-refractivity contribution in [2.75, 3.05) is 13.2 Å². The zero-order chi connectivity index (χ0) is 50.3. The van der Waals surface area contributed by atoms with Crippen LogP contribution in [0.15, 0.2) is 48.5 Å². The maximum absolute atomic E-state index is 14.7.